The molecule has 1 atom stereocenters. The second kappa shape index (κ2) is 10.4. The maximum absolute atomic E-state index is 6.33. The molecule has 0 radical (unpaired) electrons. The SMILES string of the molecule is COc1cc2c(N3CCCC(N)C3)nc(C3CCCC3)nc2cc1OCCCN1CCCC1. The van der Waals surface area contributed by atoms with Crippen LogP contribution in [0, 0.1) is 0 Å². The van der Waals surface area contributed by atoms with Gasteiger partial charge in [0.05, 0.1) is 19.2 Å². The molecular weight excluding hydrogens is 414 g/mol. The smallest absolute Gasteiger partial charge is 0.163 e. The summed E-state index contributed by atoms with van der Waals surface area (Å²) in [6, 6.07) is 4.33. The number of nitrogens with zero attached hydrogens (tertiary/aromatic N) is 4. The number of hydrogen-bond acceptors (Lipinski definition) is 7. The summed E-state index contributed by atoms with van der Waals surface area (Å²) in [5.74, 6) is 3.99. The summed E-state index contributed by atoms with van der Waals surface area (Å²) in [7, 11) is 1.71. The third-order valence-corrected chi connectivity index (χ3v) is 7.53. The molecule has 3 fully saturated rings. The molecule has 7 heteroatoms. The van der Waals surface area contributed by atoms with Crippen molar-refractivity contribution in [1.82, 2.24) is 14.9 Å². The average Bonchev–Trinajstić information content (AvgIpc) is 3.55. The van der Waals surface area contributed by atoms with Crippen molar-refractivity contribution in [2.45, 2.75) is 69.7 Å². The van der Waals surface area contributed by atoms with E-state index in [2.05, 4.69) is 21.9 Å². The molecule has 2 aliphatic heterocycles. The van der Waals surface area contributed by atoms with Gasteiger partial charge in [-0.05, 0) is 64.1 Å². The summed E-state index contributed by atoms with van der Waals surface area (Å²) in [6.45, 7) is 6.07. The standard InChI is InChI=1S/C26H39N5O2/c1-32-23-16-21-22(17-24(23)33-15-7-13-30-11-4-5-12-30)28-25(19-8-2-3-9-19)29-26(21)31-14-6-10-20(27)18-31/h16-17,19-20H,2-15,18,27H2,1H3. The van der Waals surface area contributed by atoms with Crippen LogP contribution in [0.2, 0.25) is 0 Å². The van der Waals surface area contributed by atoms with Gasteiger partial charge in [-0.1, -0.05) is 12.8 Å². The number of likely N-dealkylation sites (tertiary alicyclic amines) is 1. The largest absolute Gasteiger partial charge is 0.493 e. The summed E-state index contributed by atoms with van der Waals surface area (Å²) in [5.41, 5.74) is 7.28. The molecule has 180 valence electrons. The van der Waals surface area contributed by atoms with Crippen LogP contribution in [-0.4, -0.2) is 67.4 Å². The zero-order valence-corrected chi connectivity index (χ0v) is 20.1. The van der Waals surface area contributed by atoms with Gasteiger partial charge < -0.3 is 25.0 Å². The lowest BCUT2D eigenvalue weighted by molar-refractivity contribution is 0.254. The molecule has 1 saturated carbocycles. The van der Waals surface area contributed by atoms with E-state index in [0.717, 1.165) is 72.9 Å². The molecule has 7 nitrogen and oxygen atoms in total. The number of rotatable bonds is 8. The van der Waals surface area contributed by atoms with Crippen molar-refractivity contribution in [1.29, 1.82) is 0 Å². The van der Waals surface area contributed by atoms with Crippen LogP contribution < -0.4 is 20.1 Å². The fourth-order valence-electron chi connectivity index (χ4n) is 5.70. The highest BCUT2D eigenvalue weighted by atomic mass is 16.5. The number of piperidine rings is 1. The first-order chi connectivity index (χ1) is 16.2. The number of nitrogens with two attached hydrogens (primary N) is 1. The van der Waals surface area contributed by atoms with Crippen molar-refractivity contribution < 1.29 is 9.47 Å². The molecule has 0 spiro atoms. The van der Waals surface area contributed by atoms with Gasteiger partial charge in [0.25, 0.3) is 0 Å². The lowest BCUT2D eigenvalue weighted by atomic mass is 10.0. The van der Waals surface area contributed by atoms with Crippen molar-refractivity contribution >= 4 is 16.7 Å². The maximum atomic E-state index is 6.33. The fraction of sp³-hybridized carbons (Fsp3) is 0.692. The normalized spacial score (nSPS) is 22.4. The molecule has 33 heavy (non-hydrogen) atoms. The molecule has 1 aromatic heterocycles. The zero-order chi connectivity index (χ0) is 22.6. The molecule has 2 N–H and O–H groups in total. The van der Waals surface area contributed by atoms with Crippen LogP contribution in [0.25, 0.3) is 10.9 Å². The number of hydrogen-bond donors (Lipinski definition) is 1. The van der Waals surface area contributed by atoms with Gasteiger partial charge >= 0.3 is 0 Å². The van der Waals surface area contributed by atoms with Gasteiger partial charge in [-0.3, -0.25) is 0 Å². The maximum Gasteiger partial charge on any atom is 0.163 e. The Morgan fingerprint density at radius 3 is 2.55 bits per heavy atom. The highest BCUT2D eigenvalue weighted by molar-refractivity contribution is 5.92. The van der Waals surface area contributed by atoms with E-state index < -0.39 is 0 Å². The minimum atomic E-state index is 0.193. The predicted octanol–water partition coefficient (Wildman–Crippen LogP) is 4.09. The number of ether oxygens (including phenoxy) is 2. The molecule has 0 amide bonds. The Labute approximate surface area is 197 Å². The Kier molecular flexibility index (Phi) is 7.16. The highest BCUT2D eigenvalue weighted by Gasteiger charge is 2.26. The van der Waals surface area contributed by atoms with E-state index in [1.807, 2.05) is 0 Å². The van der Waals surface area contributed by atoms with Crippen molar-refractivity contribution in [3.63, 3.8) is 0 Å². The van der Waals surface area contributed by atoms with Gasteiger partial charge in [-0.25, -0.2) is 9.97 Å². The number of methoxy groups -OCH3 is 1. The Morgan fingerprint density at radius 1 is 0.970 bits per heavy atom. The van der Waals surface area contributed by atoms with Gasteiger partial charge in [0.15, 0.2) is 11.5 Å². The molecule has 2 aromatic rings. The first kappa shape index (κ1) is 22.7. The van der Waals surface area contributed by atoms with E-state index in [0.29, 0.717) is 12.5 Å². The minimum Gasteiger partial charge on any atom is -0.493 e. The molecule has 1 aromatic carbocycles. The lowest BCUT2D eigenvalue weighted by Gasteiger charge is -2.33. The molecule has 0 bridgehead atoms. The van der Waals surface area contributed by atoms with E-state index in [-0.39, 0.29) is 6.04 Å². The van der Waals surface area contributed by atoms with Crippen LogP contribution >= 0.6 is 0 Å². The number of anilines is 1. The number of benzene rings is 1. The molecule has 3 aliphatic rings. The van der Waals surface area contributed by atoms with Crippen molar-refractivity contribution in [3.05, 3.63) is 18.0 Å². The molecule has 1 unspecified atom stereocenters. The first-order valence-corrected chi connectivity index (χ1v) is 13.0. The topological polar surface area (TPSA) is 76.7 Å². The van der Waals surface area contributed by atoms with Crippen molar-refractivity contribution in [2.24, 2.45) is 5.73 Å². The third kappa shape index (κ3) is 5.19. The summed E-state index contributed by atoms with van der Waals surface area (Å²) in [4.78, 5) is 15.0. The van der Waals surface area contributed by atoms with Crippen LogP contribution in [0.5, 0.6) is 11.5 Å². The second-order valence-corrected chi connectivity index (χ2v) is 10.0. The van der Waals surface area contributed by atoms with Gasteiger partial charge in [0.2, 0.25) is 0 Å². The Balaban J connectivity index is 1.43. The number of aromatic nitrogens is 2. The third-order valence-electron chi connectivity index (χ3n) is 7.53. The van der Waals surface area contributed by atoms with Crippen LogP contribution in [0.1, 0.15) is 69.5 Å². The summed E-state index contributed by atoms with van der Waals surface area (Å²) >= 11 is 0. The molecule has 5 rings (SSSR count). The minimum absolute atomic E-state index is 0.193. The van der Waals surface area contributed by atoms with Gasteiger partial charge in [-0.2, -0.15) is 0 Å². The van der Waals surface area contributed by atoms with Crippen LogP contribution in [0.15, 0.2) is 12.1 Å². The average molecular weight is 454 g/mol. The van der Waals surface area contributed by atoms with E-state index in [4.69, 9.17) is 25.2 Å². The highest BCUT2D eigenvalue weighted by Crippen LogP contribution is 2.39. The van der Waals surface area contributed by atoms with Crippen molar-refractivity contribution in [2.75, 3.05) is 51.3 Å². The zero-order valence-electron chi connectivity index (χ0n) is 20.1. The second-order valence-electron chi connectivity index (χ2n) is 10.0. The van der Waals surface area contributed by atoms with Crippen LogP contribution in [0.4, 0.5) is 5.82 Å². The van der Waals surface area contributed by atoms with E-state index in [9.17, 15) is 0 Å². The number of fused-ring (bicyclic) bond motifs is 1. The molecule has 3 heterocycles. The molecular formula is C26H39N5O2. The summed E-state index contributed by atoms with van der Waals surface area (Å²) < 4.78 is 12.0. The van der Waals surface area contributed by atoms with Crippen molar-refractivity contribution in [3.8, 4) is 11.5 Å². The predicted molar refractivity (Wildman–Crippen MR) is 133 cm³/mol. The van der Waals surface area contributed by atoms with Gasteiger partial charge in [-0.15, -0.1) is 0 Å². The summed E-state index contributed by atoms with van der Waals surface area (Å²) in [5, 5.41) is 1.03. The van der Waals surface area contributed by atoms with Crippen LogP contribution in [-0.2, 0) is 0 Å². The Hall–Kier alpha value is -2.12. The quantitative estimate of drug-likeness (QED) is 0.603. The van der Waals surface area contributed by atoms with E-state index >= 15 is 0 Å². The Morgan fingerprint density at radius 2 is 1.79 bits per heavy atom. The van der Waals surface area contributed by atoms with Crippen LogP contribution in [0.3, 0.4) is 0 Å². The van der Waals surface area contributed by atoms with Gasteiger partial charge in [0, 0.05) is 43.0 Å². The monoisotopic (exact) mass is 453 g/mol. The summed E-state index contributed by atoms with van der Waals surface area (Å²) in [6.07, 6.45) is 10.7. The van der Waals surface area contributed by atoms with E-state index in [1.54, 1.807) is 7.11 Å². The van der Waals surface area contributed by atoms with E-state index in [1.165, 1.54) is 51.6 Å². The lowest BCUT2D eigenvalue weighted by Crippen LogP contribution is -2.43. The Bertz CT molecular complexity index is 940. The molecule has 1 aliphatic carbocycles. The molecule has 2 saturated heterocycles. The fourth-order valence-corrected chi connectivity index (χ4v) is 5.70. The van der Waals surface area contributed by atoms with Gasteiger partial charge in [0.1, 0.15) is 11.6 Å². The first-order valence-electron chi connectivity index (χ1n) is 13.0.